The standard InChI is InChI=1S/C96H101NO/c1-6-11-16-20-29-70-37-51-78(52-38-70)95(79-53-39-71(40-54-79)30-21-17-12-7-2)87-35-26-24-33-83(87)85-61-47-74(65-89(85)95)76-49-63-91-93(67-76)98-94-68-77(50-64-92(94)97(91)82-59-45-69(46-60-82)28-15-10-5)75-48-62-86-84-34-25-27-36-88(84)96(90(86)66-75,80-55-41-72(42-56-80)31-22-18-13-8-3)81-57-43-73(44-58-81)32-23-19-14-9-4/h24-27,33-68H,6-23,28-32H2,1-5H3. The minimum atomic E-state index is -0.528. The highest BCUT2D eigenvalue weighted by Gasteiger charge is 2.48. The largest absolute Gasteiger partial charge is 0.453 e. The maximum atomic E-state index is 7.44. The van der Waals surface area contributed by atoms with Crippen LogP contribution in [0.1, 0.15) is 223 Å². The Morgan fingerprint density at radius 2 is 0.551 bits per heavy atom. The van der Waals surface area contributed by atoms with Gasteiger partial charge in [0.15, 0.2) is 11.5 Å². The zero-order valence-electron chi connectivity index (χ0n) is 59.2. The highest BCUT2D eigenvalue weighted by Crippen LogP contribution is 2.60. The van der Waals surface area contributed by atoms with E-state index in [0.29, 0.717) is 0 Å². The predicted molar refractivity (Wildman–Crippen MR) is 417 cm³/mol. The molecular weight excluding hydrogens is 1180 g/mol. The highest BCUT2D eigenvalue weighted by molar-refractivity contribution is 5.93. The Bertz CT molecular complexity index is 4120. The predicted octanol–water partition coefficient (Wildman–Crippen LogP) is 27.2. The van der Waals surface area contributed by atoms with E-state index >= 15 is 0 Å². The third-order valence-corrected chi connectivity index (χ3v) is 22.2. The second-order valence-corrected chi connectivity index (χ2v) is 28.7. The van der Waals surface area contributed by atoms with E-state index in [1.54, 1.807) is 0 Å². The minimum Gasteiger partial charge on any atom is -0.453 e. The molecule has 98 heavy (non-hydrogen) atoms. The number of hydrogen-bond donors (Lipinski definition) is 0. The summed E-state index contributed by atoms with van der Waals surface area (Å²) in [5.41, 5.74) is 29.6. The first-order chi connectivity index (χ1) is 48.4. The lowest BCUT2D eigenvalue weighted by Gasteiger charge is -2.35. The molecule has 0 saturated heterocycles. The molecule has 0 radical (unpaired) electrons. The normalized spacial score (nSPS) is 13.5. The van der Waals surface area contributed by atoms with Crippen LogP contribution in [0, 0.1) is 0 Å². The van der Waals surface area contributed by atoms with E-state index in [2.05, 4.69) is 282 Å². The van der Waals surface area contributed by atoms with Gasteiger partial charge in [-0.25, -0.2) is 0 Å². The first-order valence-corrected chi connectivity index (χ1v) is 38.1. The number of rotatable bonds is 30. The minimum absolute atomic E-state index is 0.528. The van der Waals surface area contributed by atoms with Crippen LogP contribution in [0.2, 0.25) is 0 Å². The van der Waals surface area contributed by atoms with Crippen molar-refractivity contribution in [1.29, 1.82) is 0 Å². The van der Waals surface area contributed by atoms with Gasteiger partial charge in [0.25, 0.3) is 0 Å². The average molecular weight is 1280 g/mol. The van der Waals surface area contributed by atoms with Gasteiger partial charge in [0, 0.05) is 5.69 Å². The van der Waals surface area contributed by atoms with Crippen molar-refractivity contribution in [2.75, 3.05) is 4.90 Å². The second kappa shape index (κ2) is 30.4. The van der Waals surface area contributed by atoms with Crippen LogP contribution in [-0.4, -0.2) is 0 Å². The molecule has 0 saturated carbocycles. The van der Waals surface area contributed by atoms with E-state index in [4.69, 9.17) is 4.74 Å². The molecule has 0 amide bonds. The summed E-state index contributed by atoms with van der Waals surface area (Å²) in [6.07, 6.45) is 28.0. The summed E-state index contributed by atoms with van der Waals surface area (Å²) in [5.74, 6) is 1.68. The van der Waals surface area contributed by atoms with Crippen LogP contribution in [0.5, 0.6) is 11.5 Å². The van der Waals surface area contributed by atoms with Crippen molar-refractivity contribution < 1.29 is 4.74 Å². The van der Waals surface area contributed by atoms with Crippen LogP contribution in [0.3, 0.4) is 0 Å². The Hall–Kier alpha value is -8.98. The quantitative estimate of drug-likeness (QED) is 0.0416. The van der Waals surface area contributed by atoms with E-state index in [9.17, 15) is 0 Å². The molecule has 2 heteroatoms. The molecule has 1 aliphatic heterocycles. The topological polar surface area (TPSA) is 12.5 Å². The van der Waals surface area contributed by atoms with Gasteiger partial charge in [0.05, 0.1) is 22.2 Å². The van der Waals surface area contributed by atoms with Crippen molar-refractivity contribution in [2.24, 2.45) is 0 Å². The van der Waals surface area contributed by atoms with Crippen molar-refractivity contribution >= 4 is 17.1 Å². The Kier molecular flexibility index (Phi) is 20.6. The summed E-state index contributed by atoms with van der Waals surface area (Å²) < 4.78 is 7.44. The highest BCUT2D eigenvalue weighted by atomic mass is 16.5. The molecule has 1 heterocycles. The Balaban J connectivity index is 0.872. The number of anilines is 3. The Labute approximate surface area is 587 Å². The molecule has 0 atom stereocenters. The molecule has 496 valence electrons. The summed E-state index contributed by atoms with van der Waals surface area (Å²) in [4.78, 5) is 2.43. The molecule has 0 bridgehead atoms. The summed E-state index contributed by atoms with van der Waals surface area (Å²) in [7, 11) is 0. The molecule has 0 spiro atoms. The number of benzene rings is 11. The lowest BCUT2D eigenvalue weighted by molar-refractivity contribution is 0.477. The molecule has 0 unspecified atom stereocenters. The maximum absolute atomic E-state index is 7.44. The summed E-state index contributed by atoms with van der Waals surface area (Å²) in [6, 6.07) is 95.2. The molecule has 2 nitrogen and oxygen atoms in total. The molecule has 0 N–H and O–H groups in total. The molecule has 0 aromatic heterocycles. The van der Waals surface area contributed by atoms with Gasteiger partial charge in [-0.05, 0) is 230 Å². The number of fused-ring (bicyclic) bond motifs is 8. The molecule has 0 fully saturated rings. The smallest absolute Gasteiger partial charge is 0.152 e. The SMILES string of the molecule is CCCCCCc1ccc(C2(c3ccc(CCCCCC)cc3)c3ccccc3-c3ccc(-c4ccc5c(c4)Oc4cc(-c6ccc7c(c6)C(c6ccc(CCCCCC)cc6)(c6ccc(CCCCCC)cc6)c6ccccc6-7)ccc4N5c4ccc(CCCC)cc4)cc32)cc1. The summed E-state index contributed by atoms with van der Waals surface area (Å²) >= 11 is 0. The van der Waals surface area contributed by atoms with Crippen LogP contribution in [-0.2, 0) is 42.9 Å². The summed E-state index contributed by atoms with van der Waals surface area (Å²) in [5, 5.41) is 0. The molecule has 11 aromatic carbocycles. The van der Waals surface area contributed by atoms with Crippen LogP contribution in [0.25, 0.3) is 44.5 Å². The average Bonchev–Trinajstić information content (AvgIpc) is 1.55. The van der Waals surface area contributed by atoms with Crippen molar-refractivity contribution in [3.63, 3.8) is 0 Å². The van der Waals surface area contributed by atoms with E-state index in [-0.39, 0.29) is 0 Å². The molecule has 11 aromatic rings. The summed E-state index contributed by atoms with van der Waals surface area (Å²) in [6.45, 7) is 11.5. The fourth-order valence-corrected chi connectivity index (χ4v) is 16.8. The van der Waals surface area contributed by atoms with E-state index in [0.717, 1.165) is 71.8 Å². The van der Waals surface area contributed by atoms with Gasteiger partial charge in [-0.3, -0.25) is 0 Å². The Morgan fingerprint density at radius 1 is 0.255 bits per heavy atom. The zero-order chi connectivity index (χ0) is 66.8. The van der Waals surface area contributed by atoms with Crippen LogP contribution >= 0.6 is 0 Å². The van der Waals surface area contributed by atoms with Crippen molar-refractivity contribution in [1.82, 2.24) is 0 Å². The van der Waals surface area contributed by atoms with Gasteiger partial charge in [0.2, 0.25) is 0 Å². The van der Waals surface area contributed by atoms with Gasteiger partial charge in [-0.15, -0.1) is 0 Å². The first-order valence-electron chi connectivity index (χ1n) is 38.1. The van der Waals surface area contributed by atoms with Crippen molar-refractivity contribution in [3.8, 4) is 56.0 Å². The van der Waals surface area contributed by atoms with E-state index in [1.807, 2.05) is 0 Å². The van der Waals surface area contributed by atoms with Crippen LogP contribution < -0.4 is 9.64 Å². The Morgan fingerprint density at radius 3 is 0.898 bits per heavy atom. The van der Waals surface area contributed by atoms with E-state index in [1.165, 1.54) is 221 Å². The van der Waals surface area contributed by atoms with Crippen molar-refractivity contribution in [2.45, 2.75) is 193 Å². The van der Waals surface area contributed by atoms with Gasteiger partial charge in [-0.1, -0.05) is 312 Å². The number of aryl methyl sites for hydroxylation is 5. The number of unbranched alkanes of at least 4 members (excludes halogenated alkanes) is 13. The number of nitrogens with zero attached hydrogens (tertiary/aromatic N) is 1. The van der Waals surface area contributed by atoms with E-state index < -0.39 is 10.8 Å². The third-order valence-electron chi connectivity index (χ3n) is 22.2. The van der Waals surface area contributed by atoms with Gasteiger partial charge in [0.1, 0.15) is 0 Å². The van der Waals surface area contributed by atoms with Gasteiger partial charge in [-0.2, -0.15) is 0 Å². The maximum Gasteiger partial charge on any atom is 0.152 e. The lowest BCUT2D eigenvalue weighted by atomic mass is 9.67. The zero-order valence-corrected chi connectivity index (χ0v) is 59.2. The fraction of sp³-hybridized carbons (Fsp3) is 0.312. The van der Waals surface area contributed by atoms with Gasteiger partial charge < -0.3 is 9.64 Å². The second-order valence-electron chi connectivity index (χ2n) is 28.7. The first kappa shape index (κ1) is 66.3. The van der Waals surface area contributed by atoms with Gasteiger partial charge >= 0.3 is 0 Å². The van der Waals surface area contributed by atoms with Crippen molar-refractivity contribution in [3.05, 3.63) is 315 Å². The van der Waals surface area contributed by atoms with Crippen LogP contribution in [0.4, 0.5) is 17.1 Å². The fourth-order valence-electron chi connectivity index (χ4n) is 16.8. The third kappa shape index (κ3) is 12.9. The molecule has 14 rings (SSSR count). The van der Waals surface area contributed by atoms with Crippen LogP contribution in [0.15, 0.2) is 243 Å². The molecule has 3 aliphatic rings. The number of hydrogen-bond acceptors (Lipinski definition) is 2. The molecular formula is C96H101NO. The monoisotopic (exact) mass is 1280 g/mol. The lowest BCUT2D eigenvalue weighted by Crippen LogP contribution is -2.28. The number of ether oxygens (including phenoxy) is 1. The molecule has 2 aliphatic carbocycles.